The molecule has 0 radical (unpaired) electrons. The van der Waals surface area contributed by atoms with E-state index in [1.54, 1.807) is 4.68 Å². The van der Waals surface area contributed by atoms with Crippen LogP contribution in [0.1, 0.15) is 5.69 Å². The molecule has 0 aliphatic heterocycles. The molecular weight excluding hydrogens is 312 g/mol. The molecule has 0 atom stereocenters. The molecule has 0 saturated carbocycles. The molecule has 0 bridgehead atoms. The topological polar surface area (TPSA) is 41.9 Å². The zero-order valence-electron chi connectivity index (χ0n) is 10.1. The Labute approximate surface area is 120 Å². The fraction of sp³-hybridized carbons (Fsp3) is 0.167. The minimum absolute atomic E-state index is 0.549. The smallest absolute Gasteiger partial charge is 0.175 e. The molecule has 4 nitrogen and oxygen atoms in total. The van der Waals surface area contributed by atoms with E-state index in [2.05, 4.69) is 31.7 Å². The summed E-state index contributed by atoms with van der Waals surface area (Å²) in [6, 6.07) is 7.82. The first-order valence-corrected chi connectivity index (χ1v) is 6.58. The molecule has 0 aliphatic rings. The molecule has 94 valence electrons. The summed E-state index contributed by atoms with van der Waals surface area (Å²) in [6.45, 7) is 1.94. The zero-order chi connectivity index (χ0) is 13.1. The van der Waals surface area contributed by atoms with Gasteiger partial charge in [-0.3, -0.25) is 4.68 Å². The van der Waals surface area contributed by atoms with Gasteiger partial charge >= 0.3 is 0 Å². The summed E-state index contributed by atoms with van der Waals surface area (Å²) in [5.74, 6) is 0. The number of anilines is 2. The lowest BCUT2D eigenvalue weighted by Gasteiger charge is -2.09. The maximum Gasteiger partial charge on any atom is 0.175 e. The Balaban J connectivity index is 2.01. The van der Waals surface area contributed by atoms with E-state index < -0.39 is 0 Å². The Morgan fingerprint density at radius 1 is 1.28 bits per heavy atom. The highest BCUT2D eigenvalue weighted by Crippen LogP contribution is 2.15. The van der Waals surface area contributed by atoms with Crippen LogP contribution in [0, 0.1) is 6.92 Å². The number of nitrogens with one attached hydrogen (secondary N) is 2. The average Bonchev–Trinajstić information content (AvgIpc) is 2.61. The van der Waals surface area contributed by atoms with Crippen molar-refractivity contribution in [3.05, 3.63) is 40.6 Å². The number of rotatable bonds is 2. The lowest BCUT2D eigenvalue weighted by atomic mass is 10.3. The van der Waals surface area contributed by atoms with Crippen molar-refractivity contribution >= 4 is 44.6 Å². The van der Waals surface area contributed by atoms with E-state index in [4.69, 9.17) is 12.2 Å². The monoisotopic (exact) mass is 324 g/mol. The SMILES string of the molecule is Cc1nn(C)cc1NC(=S)Nc1ccc(Br)cc1. The number of aryl methyl sites for hydroxylation is 2. The number of hydrogen-bond donors (Lipinski definition) is 2. The molecular formula is C12H13BrN4S. The van der Waals surface area contributed by atoms with Gasteiger partial charge in [0.1, 0.15) is 0 Å². The summed E-state index contributed by atoms with van der Waals surface area (Å²) in [4.78, 5) is 0. The highest BCUT2D eigenvalue weighted by atomic mass is 79.9. The van der Waals surface area contributed by atoms with Crippen molar-refractivity contribution in [1.82, 2.24) is 9.78 Å². The highest BCUT2D eigenvalue weighted by molar-refractivity contribution is 9.10. The van der Waals surface area contributed by atoms with Gasteiger partial charge in [-0.15, -0.1) is 0 Å². The van der Waals surface area contributed by atoms with Crippen LogP contribution in [0.5, 0.6) is 0 Å². The van der Waals surface area contributed by atoms with Gasteiger partial charge in [0.15, 0.2) is 5.11 Å². The fourth-order valence-corrected chi connectivity index (χ4v) is 2.03. The summed E-state index contributed by atoms with van der Waals surface area (Å²) in [6.07, 6.45) is 1.89. The van der Waals surface area contributed by atoms with Crippen LogP contribution in [-0.2, 0) is 7.05 Å². The molecule has 1 heterocycles. The molecule has 0 saturated heterocycles. The van der Waals surface area contributed by atoms with Crippen LogP contribution in [0.4, 0.5) is 11.4 Å². The van der Waals surface area contributed by atoms with Crippen LogP contribution in [0.3, 0.4) is 0 Å². The third kappa shape index (κ3) is 3.30. The van der Waals surface area contributed by atoms with E-state index in [0.29, 0.717) is 5.11 Å². The Morgan fingerprint density at radius 3 is 2.50 bits per heavy atom. The first-order chi connectivity index (χ1) is 8.54. The van der Waals surface area contributed by atoms with Crippen molar-refractivity contribution in [1.29, 1.82) is 0 Å². The first-order valence-electron chi connectivity index (χ1n) is 5.38. The van der Waals surface area contributed by atoms with Gasteiger partial charge in [-0.1, -0.05) is 15.9 Å². The molecule has 0 spiro atoms. The zero-order valence-corrected chi connectivity index (χ0v) is 12.5. The normalized spacial score (nSPS) is 10.2. The van der Waals surface area contributed by atoms with Gasteiger partial charge < -0.3 is 10.6 Å². The van der Waals surface area contributed by atoms with Crippen LogP contribution in [0.2, 0.25) is 0 Å². The summed E-state index contributed by atoms with van der Waals surface area (Å²) >= 11 is 8.64. The van der Waals surface area contributed by atoms with Gasteiger partial charge in [-0.2, -0.15) is 5.10 Å². The number of benzene rings is 1. The van der Waals surface area contributed by atoms with Gasteiger partial charge in [0.2, 0.25) is 0 Å². The van der Waals surface area contributed by atoms with Crippen LogP contribution >= 0.6 is 28.1 Å². The Bertz CT molecular complexity index is 562. The third-order valence-corrected chi connectivity index (χ3v) is 3.10. The first kappa shape index (κ1) is 13.0. The van der Waals surface area contributed by atoms with Gasteiger partial charge in [0.25, 0.3) is 0 Å². The van der Waals surface area contributed by atoms with Crippen LogP contribution < -0.4 is 10.6 Å². The van der Waals surface area contributed by atoms with Crippen LogP contribution in [-0.4, -0.2) is 14.9 Å². The Hall–Kier alpha value is -1.40. The van der Waals surface area contributed by atoms with E-state index in [1.165, 1.54) is 0 Å². The van der Waals surface area contributed by atoms with Crippen molar-refractivity contribution < 1.29 is 0 Å². The number of halogens is 1. The molecule has 0 unspecified atom stereocenters. The predicted molar refractivity (Wildman–Crippen MR) is 81.9 cm³/mol. The molecule has 0 amide bonds. The number of aromatic nitrogens is 2. The predicted octanol–water partition coefficient (Wildman–Crippen LogP) is 3.30. The highest BCUT2D eigenvalue weighted by Gasteiger charge is 2.04. The van der Waals surface area contributed by atoms with E-state index >= 15 is 0 Å². The average molecular weight is 325 g/mol. The summed E-state index contributed by atoms with van der Waals surface area (Å²) in [5.41, 5.74) is 2.77. The van der Waals surface area contributed by atoms with Gasteiger partial charge in [0.05, 0.1) is 11.4 Å². The van der Waals surface area contributed by atoms with Gasteiger partial charge in [0, 0.05) is 23.4 Å². The van der Waals surface area contributed by atoms with Crippen molar-refractivity contribution in [2.45, 2.75) is 6.92 Å². The lowest BCUT2D eigenvalue weighted by molar-refractivity contribution is 0.756. The third-order valence-electron chi connectivity index (χ3n) is 2.36. The molecule has 1 aromatic carbocycles. The second-order valence-electron chi connectivity index (χ2n) is 3.89. The van der Waals surface area contributed by atoms with E-state index in [0.717, 1.165) is 21.5 Å². The molecule has 2 rings (SSSR count). The van der Waals surface area contributed by atoms with Crippen molar-refractivity contribution in [3.8, 4) is 0 Å². The van der Waals surface area contributed by atoms with Crippen molar-refractivity contribution in [2.75, 3.05) is 10.6 Å². The largest absolute Gasteiger partial charge is 0.332 e. The van der Waals surface area contributed by atoms with Crippen LogP contribution in [0.15, 0.2) is 34.9 Å². The lowest BCUT2D eigenvalue weighted by Crippen LogP contribution is -2.19. The second kappa shape index (κ2) is 5.49. The second-order valence-corrected chi connectivity index (χ2v) is 5.21. The number of thiocarbonyl (C=S) groups is 1. The van der Waals surface area contributed by atoms with Crippen molar-refractivity contribution in [2.24, 2.45) is 7.05 Å². The maximum atomic E-state index is 5.25. The van der Waals surface area contributed by atoms with Gasteiger partial charge in [-0.05, 0) is 43.4 Å². The molecule has 6 heteroatoms. The quantitative estimate of drug-likeness (QED) is 0.832. The van der Waals surface area contributed by atoms with E-state index in [1.807, 2.05) is 44.4 Å². The molecule has 1 aromatic heterocycles. The molecule has 18 heavy (non-hydrogen) atoms. The molecule has 2 N–H and O–H groups in total. The Morgan fingerprint density at radius 2 is 1.94 bits per heavy atom. The number of nitrogens with zero attached hydrogens (tertiary/aromatic N) is 2. The fourth-order valence-electron chi connectivity index (χ4n) is 1.54. The minimum atomic E-state index is 0.549. The molecule has 0 fully saturated rings. The molecule has 2 aromatic rings. The van der Waals surface area contributed by atoms with E-state index in [-0.39, 0.29) is 0 Å². The van der Waals surface area contributed by atoms with E-state index in [9.17, 15) is 0 Å². The summed E-state index contributed by atoms with van der Waals surface area (Å²) in [5, 5.41) is 11.0. The maximum absolute atomic E-state index is 5.25. The van der Waals surface area contributed by atoms with Crippen LogP contribution in [0.25, 0.3) is 0 Å². The Kier molecular flexibility index (Phi) is 3.98. The van der Waals surface area contributed by atoms with Crippen molar-refractivity contribution in [3.63, 3.8) is 0 Å². The standard InChI is InChI=1S/C12H13BrN4S/c1-8-11(7-17(2)16-8)15-12(18)14-10-5-3-9(13)4-6-10/h3-7H,1-2H3,(H2,14,15,18). The summed E-state index contributed by atoms with van der Waals surface area (Å²) in [7, 11) is 1.88. The van der Waals surface area contributed by atoms with Gasteiger partial charge in [-0.25, -0.2) is 0 Å². The number of hydrogen-bond acceptors (Lipinski definition) is 2. The molecule has 0 aliphatic carbocycles. The minimum Gasteiger partial charge on any atom is -0.332 e. The summed E-state index contributed by atoms with van der Waals surface area (Å²) < 4.78 is 2.79.